The van der Waals surface area contributed by atoms with Gasteiger partial charge in [-0.25, -0.2) is 5.06 Å². The first-order valence-electron chi connectivity index (χ1n) is 29.6. The molecule has 0 saturated heterocycles. The van der Waals surface area contributed by atoms with E-state index in [1.165, 1.54) is 23.1 Å². The molecule has 0 heterocycles. The Bertz CT molecular complexity index is 2550. The number of hydrogen-bond donors (Lipinski definition) is 2. The number of hydroxylamine groups is 2. The Hall–Kier alpha value is -2.89. The van der Waals surface area contributed by atoms with Gasteiger partial charge in [0.1, 0.15) is 12.1 Å². The molecule has 0 spiro atoms. The summed E-state index contributed by atoms with van der Waals surface area (Å²) in [6, 6.07) is -0.943. The van der Waals surface area contributed by atoms with Crippen LogP contribution in [0.4, 0.5) is 0 Å². The molecule has 75 heavy (non-hydrogen) atoms. The summed E-state index contributed by atoms with van der Waals surface area (Å²) < 4.78 is 12.4. The van der Waals surface area contributed by atoms with E-state index >= 15 is 14.4 Å². The fourth-order valence-corrected chi connectivity index (χ4v) is 22.5. The van der Waals surface area contributed by atoms with Gasteiger partial charge in [-0.3, -0.25) is 28.8 Å². The van der Waals surface area contributed by atoms with E-state index in [-0.39, 0.29) is 103 Å². The molecule has 11 nitrogen and oxygen atoms in total. The minimum atomic E-state index is -1.82. The summed E-state index contributed by atoms with van der Waals surface area (Å²) in [5, 5.41) is 14.8. The lowest BCUT2D eigenvalue weighted by molar-refractivity contribution is -0.368. The number of rotatable bonds is 6. The Labute approximate surface area is 450 Å². The van der Waals surface area contributed by atoms with Gasteiger partial charge < -0.3 is 20.3 Å². The van der Waals surface area contributed by atoms with E-state index in [1.807, 2.05) is 13.0 Å². The monoisotopic (exact) mass is 1040 g/mol. The molecule has 2 amide bonds. The van der Waals surface area contributed by atoms with Crippen molar-refractivity contribution in [1.82, 2.24) is 5.06 Å². The molecular formula is C64H98N2O9. The molecule has 11 heteroatoms. The number of carbonyl (C=O) groups is 5. The molecule has 5 unspecified atom stereocenters. The second-order valence-electron chi connectivity index (χ2n) is 31.5. The van der Waals surface area contributed by atoms with E-state index in [2.05, 4.69) is 96.1 Å². The molecule has 10 aliphatic rings. The maximum Gasteiger partial charge on any atom is 0.302 e. The molecule has 8 fully saturated rings. The first-order chi connectivity index (χ1) is 34.4. The van der Waals surface area contributed by atoms with Gasteiger partial charge in [0.15, 0.2) is 17.4 Å². The molecule has 0 aromatic carbocycles. The van der Waals surface area contributed by atoms with E-state index in [9.17, 15) is 14.7 Å². The van der Waals surface area contributed by atoms with Crippen LogP contribution in [-0.2, 0) is 38.3 Å². The van der Waals surface area contributed by atoms with Gasteiger partial charge in [-0.15, -0.1) is 0 Å². The number of methoxy groups -OCH3 is 1. The number of nitrogens with zero attached hydrogens (tertiary/aromatic N) is 1. The largest absolute Gasteiger partial charge is 0.462 e. The van der Waals surface area contributed by atoms with Crippen LogP contribution in [0.2, 0.25) is 0 Å². The summed E-state index contributed by atoms with van der Waals surface area (Å²) in [4.78, 5) is 78.7. The van der Waals surface area contributed by atoms with Crippen LogP contribution in [0.3, 0.4) is 0 Å². The Morgan fingerprint density at radius 1 is 0.600 bits per heavy atom. The molecule has 418 valence electrons. The SMILES string of the molecule is CON(C(=O)[C@@]1(C)CC[C@]2(C)CC[C@]3(C)C(=CC(=O)[C@@H]4[C@@]5(C)CC[C@H](OC(C)=O)C(C)(C)C5CC[C@]43C)[C@@H]2C1)C1C[C@@]2(C)C(CC[C@]3(C)C2C(=O)C=C2[C@@H]4CC(C)(C(N)=O)CC[C@]4(C)CC[C@]23C)C(C)(C)[C@@]1(O)OC. The molecule has 0 aliphatic heterocycles. The molecule has 0 radical (unpaired) electrons. The fourth-order valence-electron chi connectivity index (χ4n) is 22.5. The van der Waals surface area contributed by atoms with E-state index in [0.29, 0.717) is 25.7 Å². The number of hydrogen-bond acceptors (Lipinski definition) is 9. The van der Waals surface area contributed by atoms with Crippen LogP contribution in [-0.4, -0.2) is 71.7 Å². The second-order valence-corrected chi connectivity index (χ2v) is 31.5. The second kappa shape index (κ2) is 16.6. The summed E-state index contributed by atoms with van der Waals surface area (Å²) in [6.45, 7) is 33.2. The maximum atomic E-state index is 16.1. The van der Waals surface area contributed by atoms with E-state index in [4.69, 9.17) is 20.0 Å². The summed E-state index contributed by atoms with van der Waals surface area (Å²) in [5.74, 6) is -2.59. The minimum absolute atomic E-state index is 0.0185. The molecular weight excluding hydrogens is 941 g/mol. The third-order valence-corrected chi connectivity index (χ3v) is 27.6. The first kappa shape index (κ1) is 55.4. The zero-order chi connectivity index (χ0) is 55.3. The van der Waals surface area contributed by atoms with Crippen molar-refractivity contribution in [2.75, 3.05) is 14.2 Å². The number of esters is 1. The van der Waals surface area contributed by atoms with Crippen LogP contribution in [0, 0.1) is 100 Å². The molecule has 10 rings (SSSR count). The van der Waals surface area contributed by atoms with Crippen molar-refractivity contribution in [2.24, 2.45) is 106 Å². The van der Waals surface area contributed by atoms with E-state index < -0.39 is 44.8 Å². The lowest BCUT2D eigenvalue weighted by Gasteiger charge is -2.72. The zero-order valence-corrected chi connectivity index (χ0v) is 49.5. The number of ketones is 2. The number of carbonyl (C=O) groups excluding carboxylic acids is 5. The lowest BCUT2D eigenvalue weighted by atomic mass is 9.33. The molecule has 0 aromatic heterocycles. The zero-order valence-electron chi connectivity index (χ0n) is 49.5. The number of amides is 2. The topological polar surface area (TPSA) is 163 Å². The normalized spacial score (nSPS) is 52.3. The number of primary amides is 1. The highest BCUT2D eigenvalue weighted by atomic mass is 16.7. The van der Waals surface area contributed by atoms with Gasteiger partial charge in [-0.1, -0.05) is 108 Å². The third-order valence-electron chi connectivity index (χ3n) is 27.6. The lowest BCUT2D eigenvalue weighted by Crippen LogP contribution is -2.75. The summed E-state index contributed by atoms with van der Waals surface area (Å²) in [5.41, 5.74) is 3.45. The molecule has 0 aromatic rings. The smallest absolute Gasteiger partial charge is 0.302 e. The summed E-state index contributed by atoms with van der Waals surface area (Å²) in [7, 11) is 3.09. The maximum absolute atomic E-state index is 16.1. The molecule has 8 saturated carbocycles. The van der Waals surface area contributed by atoms with E-state index in [1.54, 1.807) is 14.2 Å². The molecule has 19 atom stereocenters. The van der Waals surface area contributed by atoms with Crippen LogP contribution in [0.1, 0.15) is 213 Å². The Morgan fingerprint density at radius 3 is 1.55 bits per heavy atom. The summed E-state index contributed by atoms with van der Waals surface area (Å²) >= 11 is 0. The predicted molar refractivity (Wildman–Crippen MR) is 289 cm³/mol. The van der Waals surface area contributed by atoms with Crippen molar-refractivity contribution in [3.8, 4) is 0 Å². The van der Waals surface area contributed by atoms with E-state index in [0.717, 1.165) is 83.5 Å². The van der Waals surface area contributed by atoms with Gasteiger partial charge in [0.05, 0.1) is 7.11 Å². The molecule has 10 aliphatic carbocycles. The van der Waals surface area contributed by atoms with Crippen LogP contribution < -0.4 is 5.73 Å². The Balaban J connectivity index is 0.989. The average molecular weight is 1040 g/mol. The molecule has 3 N–H and O–H groups in total. The van der Waals surface area contributed by atoms with Crippen LogP contribution in [0.25, 0.3) is 0 Å². The quantitative estimate of drug-likeness (QED) is 0.150. The van der Waals surface area contributed by atoms with Crippen LogP contribution in [0.5, 0.6) is 0 Å². The van der Waals surface area contributed by atoms with Gasteiger partial charge in [-0.05, 0) is 188 Å². The average Bonchev–Trinajstić information content (AvgIpc) is 3.31. The van der Waals surface area contributed by atoms with Crippen molar-refractivity contribution in [2.45, 2.75) is 231 Å². The highest BCUT2D eigenvalue weighted by molar-refractivity contribution is 5.96. The van der Waals surface area contributed by atoms with Crippen molar-refractivity contribution in [3.63, 3.8) is 0 Å². The summed E-state index contributed by atoms with van der Waals surface area (Å²) in [6.07, 6.45) is 17.5. The number of allylic oxidation sites excluding steroid dienone is 4. The van der Waals surface area contributed by atoms with Crippen molar-refractivity contribution >= 4 is 29.4 Å². The minimum Gasteiger partial charge on any atom is -0.462 e. The Morgan fingerprint density at radius 2 is 1.07 bits per heavy atom. The predicted octanol–water partition coefficient (Wildman–Crippen LogP) is 12.1. The Kier molecular flexibility index (Phi) is 12.3. The van der Waals surface area contributed by atoms with Gasteiger partial charge in [0.2, 0.25) is 5.91 Å². The van der Waals surface area contributed by atoms with Gasteiger partial charge in [-0.2, -0.15) is 0 Å². The first-order valence-corrected chi connectivity index (χ1v) is 29.6. The highest BCUT2D eigenvalue weighted by Gasteiger charge is 2.76. The number of aliphatic hydroxyl groups is 1. The van der Waals surface area contributed by atoms with Crippen molar-refractivity contribution in [3.05, 3.63) is 23.3 Å². The number of nitrogens with two attached hydrogens (primary N) is 1. The van der Waals surface area contributed by atoms with Gasteiger partial charge in [0.25, 0.3) is 5.91 Å². The number of fused-ring (bicyclic) bond motifs is 14. The fraction of sp³-hybridized carbons (Fsp3) is 0.859. The molecule has 0 bridgehead atoms. The third kappa shape index (κ3) is 6.88. The van der Waals surface area contributed by atoms with Crippen LogP contribution >= 0.6 is 0 Å². The standard InChI is InChI=1S/C64H98N2O9/c1-37(67)75-47-20-21-58(10)44(52(47,2)3)18-22-62(14)48(58)42(68)32-39-41-35-57(9,27-25-55(41,7)29-30-60(39,62)12)51(71)66(74-17)46-36-59(11)45(53(4,5)64(46,72)73-16)19-23-63(15)49(59)43(69)33-38-40-34-56(8,50(65)70)26-24-54(40,6)28-31-61(38,63)13/h32-33,40-41,44-49,72H,18-31,34-36H2,1-17H3,(H2,65,70)/t40-,41-,44?,45?,46?,47-,48+,49?,54+,55+,56?,57-,58-,59-,60+,61+,62+,63+,64-/m0/s1. The van der Waals surface area contributed by atoms with Gasteiger partial charge in [0, 0.05) is 47.5 Å². The van der Waals surface area contributed by atoms with Crippen molar-refractivity contribution in [1.29, 1.82) is 0 Å². The number of ether oxygens (including phenoxy) is 2. The van der Waals surface area contributed by atoms with Gasteiger partial charge >= 0.3 is 5.97 Å². The highest BCUT2D eigenvalue weighted by Crippen LogP contribution is 2.78. The van der Waals surface area contributed by atoms with Crippen molar-refractivity contribution < 1.29 is 43.4 Å². The van der Waals surface area contributed by atoms with Crippen LogP contribution in [0.15, 0.2) is 23.3 Å².